The molecule has 1 aromatic carbocycles. The molecule has 1 amide bonds. The van der Waals surface area contributed by atoms with E-state index in [-0.39, 0.29) is 5.91 Å². The molecule has 0 bridgehead atoms. The van der Waals surface area contributed by atoms with Gasteiger partial charge < -0.3 is 9.64 Å². The zero-order chi connectivity index (χ0) is 15.3. The Bertz CT molecular complexity index is 450. The normalized spacial score (nSPS) is 12.3. The molecule has 3 nitrogen and oxygen atoms in total. The number of carbonyl (C=O) groups is 1. The lowest BCUT2D eigenvalue weighted by Gasteiger charge is -2.24. The van der Waals surface area contributed by atoms with Crippen LogP contribution in [0.15, 0.2) is 18.2 Å². The second-order valence-corrected chi connectivity index (χ2v) is 5.45. The Morgan fingerprint density at radius 1 is 1.20 bits per heavy atom. The summed E-state index contributed by atoms with van der Waals surface area (Å²) in [7, 11) is 0. The summed E-state index contributed by atoms with van der Waals surface area (Å²) in [6.07, 6.45) is -0.448. The summed E-state index contributed by atoms with van der Waals surface area (Å²) in [6.45, 7) is 13.5. The number of benzene rings is 1. The van der Waals surface area contributed by atoms with Crippen LogP contribution in [0.3, 0.4) is 0 Å². The van der Waals surface area contributed by atoms with Gasteiger partial charge in [0, 0.05) is 13.1 Å². The predicted octanol–water partition coefficient (Wildman–Crippen LogP) is 3.75. The molecule has 3 heteroatoms. The summed E-state index contributed by atoms with van der Waals surface area (Å²) in [5.74, 6) is 1.31. The van der Waals surface area contributed by atoms with E-state index in [0.29, 0.717) is 19.0 Å². The summed E-state index contributed by atoms with van der Waals surface area (Å²) >= 11 is 0. The van der Waals surface area contributed by atoms with Crippen molar-refractivity contribution in [3.8, 4) is 5.75 Å². The van der Waals surface area contributed by atoms with Gasteiger partial charge in [0.25, 0.3) is 5.91 Å². The Balaban J connectivity index is 2.87. The molecule has 0 radical (unpaired) electrons. The van der Waals surface area contributed by atoms with E-state index in [4.69, 9.17) is 4.74 Å². The first-order chi connectivity index (χ1) is 9.40. The predicted molar refractivity (Wildman–Crippen MR) is 83.3 cm³/mol. The van der Waals surface area contributed by atoms with Crippen molar-refractivity contribution in [2.75, 3.05) is 13.1 Å². The molecule has 0 aliphatic heterocycles. The first kappa shape index (κ1) is 16.5. The van der Waals surface area contributed by atoms with Crippen LogP contribution in [0.25, 0.3) is 0 Å². The van der Waals surface area contributed by atoms with Gasteiger partial charge in [-0.15, -0.1) is 0 Å². The van der Waals surface area contributed by atoms with Gasteiger partial charge in [0.15, 0.2) is 6.10 Å². The maximum Gasteiger partial charge on any atom is 0.263 e. The number of nitrogens with zero attached hydrogens (tertiary/aromatic N) is 1. The van der Waals surface area contributed by atoms with Crippen LogP contribution in [0, 0.1) is 6.92 Å². The maximum atomic E-state index is 12.2. The van der Waals surface area contributed by atoms with Crippen molar-refractivity contribution in [3.63, 3.8) is 0 Å². The minimum absolute atomic E-state index is 0.0457. The Kier molecular flexibility index (Phi) is 6.05. The van der Waals surface area contributed by atoms with Crippen LogP contribution < -0.4 is 4.74 Å². The van der Waals surface area contributed by atoms with E-state index < -0.39 is 6.10 Å². The summed E-state index contributed by atoms with van der Waals surface area (Å²) < 4.78 is 5.89. The van der Waals surface area contributed by atoms with E-state index in [2.05, 4.69) is 26.0 Å². The van der Waals surface area contributed by atoms with Gasteiger partial charge in [0.05, 0.1) is 0 Å². The standard InChI is InChI=1S/C17H27NO2/c1-7-18(8-2)17(19)14(6)20-16-11-15(12(3)4)10-9-13(16)5/h9-12,14H,7-8H2,1-6H3. The van der Waals surface area contributed by atoms with Crippen molar-refractivity contribution in [3.05, 3.63) is 29.3 Å². The summed E-state index contributed by atoms with van der Waals surface area (Å²) in [6, 6.07) is 6.22. The fraction of sp³-hybridized carbons (Fsp3) is 0.588. The average Bonchev–Trinajstić information content (AvgIpc) is 2.42. The summed E-state index contributed by atoms with van der Waals surface area (Å²) in [4.78, 5) is 14.0. The molecule has 0 saturated carbocycles. The first-order valence-corrected chi connectivity index (χ1v) is 7.46. The SMILES string of the molecule is CCN(CC)C(=O)C(C)Oc1cc(C(C)C)ccc1C. The van der Waals surface area contributed by atoms with E-state index in [9.17, 15) is 4.79 Å². The third-order valence-corrected chi connectivity index (χ3v) is 3.61. The Morgan fingerprint density at radius 2 is 1.80 bits per heavy atom. The second-order valence-electron chi connectivity index (χ2n) is 5.45. The van der Waals surface area contributed by atoms with Crippen LogP contribution >= 0.6 is 0 Å². The molecule has 0 saturated heterocycles. The van der Waals surface area contributed by atoms with Crippen molar-refractivity contribution in [2.24, 2.45) is 0 Å². The molecule has 1 unspecified atom stereocenters. The molecule has 20 heavy (non-hydrogen) atoms. The molecule has 0 N–H and O–H groups in total. The monoisotopic (exact) mass is 277 g/mol. The summed E-state index contributed by atoms with van der Waals surface area (Å²) in [5, 5.41) is 0. The Morgan fingerprint density at radius 3 is 2.30 bits per heavy atom. The van der Waals surface area contributed by atoms with E-state index >= 15 is 0 Å². The molecule has 1 atom stereocenters. The van der Waals surface area contributed by atoms with Crippen molar-refractivity contribution in [1.82, 2.24) is 4.90 Å². The van der Waals surface area contributed by atoms with Crippen LogP contribution in [0.4, 0.5) is 0 Å². The fourth-order valence-corrected chi connectivity index (χ4v) is 2.14. The first-order valence-electron chi connectivity index (χ1n) is 7.46. The molecule has 0 fully saturated rings. The molecule has 0 aliphatic rings. The minimum Gasteiger partial charge on any atom is -0.481 e. The van der Waals surface area contributed by atoms with Crippen LogP contribution in [-0.4, -0.2) is 30.0 Å². The van der Waals surface area contributed by atoms with Crippen LogP contribution in [0.5, 0.6) is 5.75 Å². The van der Waals surface area contributed by atoms with E-state index in [0.717, 1.165) is 11.3 Å². The zero-order valence-electron chi connectivity index (χ0n) is 13.6. The number of hydrogen-bond donors (Lipinski definition) is 0. The lowest BCUT2D eigenvalue weighted by molar-refractivity contribution is -0.137. The van der Waals surface area contributed by atoms with E-state index in [1.807, 2.05) is 33.8 Å². The van der Waals surface area contributed by atoms with E-state index in [1.165, 1.54) is 5.56 Å². The molecular weight excluding hydrogens is 250 g/mol. The summed E-state index contributed by atoms with van der Waals surface area (Å²) in [5.41, 5.74) is 2.29. The molecule has 112 valence electrons. The molecule has 0 heterocycles. The highest BCUT2D eigenvalue weighted by molar-refractivity contribution is 5.80. The van der Waals surface area contributed by atoms with Gasteiger partial charge >= 0.3 is 0 Å². The Labute approximate surface area is 122 Å². The van der Waals surface area contributed by atoms with Gasteiger partial charge in [-0.2, -0.15) is 0 Å². The van der Waals surface area contributed by atoms with Crippen molar-refractivity contribution in [1.29, 1.82) is 0 Å². The molecular formula is C17H27NO2. The lowest BCUT2D eigenvalue weighted by atomic mass is 10.0. The minimum atomic E-state index is -0.448. The zero-order valence-corrected chi connectivity index (χ0v) is 13.6. The van der Waals surface area contributed by atoms with Crippen LogP contribution in [0.2, 0.25) is 0 Å². The van der Waals surface area contributed by atoms with Gasteiger partial charge in [-0.25, -0.2) is 0 Å². The average molecular weight is 277 g/mol. The third kappa shape index (κ3) is 3.99. The van der Waals surface area contributed by atoms with Crippen molar-refractivity contribution < 1.29 is 9.53 Å². The molecule has 1 aromatic rings. The quantitative estimate of drug-likeness (QED) is 0.792. The van der Waals surface area contributed by atoms with Gasteiger partial charge in [-0.3, -0.25) is 4.79 Å². The smallest absolute Gasteiger partial charge is 0.263 e. The number of hydrogen-bond acceptors (Lipinski definition) is 2. The number of likely N-dealkylation sites (N-methyl/N-ethyl adjacent to an activating group) is 1. The molecule has 1 rings (SSSR count). The van der Waals surface area contributed by atoms with Crippen molar-refractivity contribution >= 4 is 5.91 Å². The van der Waals surface area contributed by atoms with Gasteiger partial charge in [0.1, 0.15) is 5.75 Å². The highest BCUT2D eigenvalue weighted by Crippen LogP contribution is 2.25. The molecule has 0 spiro atoms. The second kappa shape index (κ2) is 7.32. The van der Waals surface area contributed by atoms with Gasteiger partial charge in [0.2, 0.25) is 0 Å². The highest BCUT2D eigenvalue weighted by Gasteiger charge is 2.20. The number of ether oxygens (including phenoxy) is 1. The van der Waals surface area contributed by atoms with Crippen LogP contribution in [-0.2, 0) is 4.79 Å². The topological polar surface area (TPSA) is 29.5 Å². The van der Waals surface area contributed by atoms with Gasteiger partial charge in [-0.05, 0) is 50.8 Å². The number of amides is 1. The lowest BCUT2D eigenvalue weighted by Crippen LogP contribution is -2.40. The van der Waals surface area contributed by atoms with Gasteiger partial charge in [-0.1, -0.05) is 26.0 Å². The molecule has 0 aliphatic carbocycles. The fourth-order valence-electron chi connectivity index (χ4n) is 2.14. The maximum absolute atomic E-state index is 12.2. The van der Waals surface area contributed by atoms with E-state index in [1.54, 1.807) is 4.90 Å². The van der Waals surface area contributed by atoms with Crippen LogP contribution in [0.1, 0.15) is 51.7 Å². The van der Waals surface area contributed by atoms with Crippen molar-refractivity contribution in [2.45, 2.75) is 53.6 Å². The largest absolute Gasteiger partial charge is 0.481 e. The third-order valence-electron chi connectivity index (χ3n) is 3.61. The number of carbonyl (C=O) groups excluding carboxylic acids is 1. The molecule has 0 aromatic heterocycles. The number of aryl methyl sites for hydroxylation is 1. The number of rotatable bonds is 6. The highest BCUT2D eigenvalue weighted by atomic mass is 16.5. The Hall–Kier alpha value is -1.51.